The number of carbonyl (C=O) groups excluding carboxylic acids is 1. The van der Waals surface area contributed by atoms with Gasteiger partial charge in [-0.1, -0.05) is 0 Å². The molecule has 0 bridgehead atoms. The van der Waals surface area contributed by atoms with E-state index in [1.807, 2.05) is 48.7 Å². The first-order valence-electron chi connectivity index (χ1n) is 13.1. The number of likely N-dealkylation sites (tertiary alicyclic amines) is 1. The summed E-state index contributed by atoms with van der Waals surface area (Å²) in [6.45, 7) is 4.52. The maximum Gasteiger partial charge on any atom is 0.261 e. The number of nitrogen functional groups attached to an aromatic ring is 1. The van der Waals surface area contributed by atoms with Crippen LogP contribution in [-0.2, 0) is 12.8 Å². The number of carbonyl (C=O) groups is 1. The second-order valence-corrected chi connectivity index (χ2v) is 11.0. The minimum absolute atomic E-state index is 0.118. The van der Waals surface area contributed by atoms with E-state index >= 15 is 0 Å². The van der Waals surface area contributed by atoms with Crippen molar-refractivity contribution in [2.45, 2.75) is 12.8 Å². The Balaban J connectivity index is 1.07. The van der Waals surface area contributed by atoms with Crippen LogP contribution in [0, 0.1) is 5.41 Å². The zero-order valence-electron chi connectivity index (χ0n) is 22.0. The van der Waals surface area contributed by atoms with Crippen molar-refractivity contribution in [3.8, 4) is 23.0 Å². The topological polar surface area (TPSA) is 114 Å². The largest absolute Gasteiger partial charge is 0.497 e. The Hall–Kier alpha value is -4.44. The van der Waals surface area contributed by atoms with E-state index < -0.39 is 0 Å². The molecule has 2 fully saturated rings. The Kier molecular flexibility index (Phi) is 5.34. The van der Waals surface area contributed by atoms with Crippen LogP contribution in [0.1, 0.15) is 21.5 Å². The van der Waals surface area contributed by atoms with E-state index in [1.54, 1.807) is 13.3 Å². The number of ether oxygens (including phenoxy) is 1. The summed E-state index contributed by atoms with van der Waals surface area (Å²) in [5, 5.41) is 7.28. The zero-order chi connectivity index (χ0) is 26.7. The molecule has 2 aliphatic heterocycles. The van der Waals surface area contributed by atoms with Crippen LogP contribution in [0.4, 0.5) is 17.2 Å². The van der Waals surface area contributed by atoms with E-state index in [2.05, 4.69) is 32.2 Å². The SMILES string of the molecule is COc1ccc2c(c1)CCc1cnc(-n3cc(C(=O)Nc4ccc(N5CC6(CN(C)C6)C5)cc4)c(N)n3)nc1-2. The van der Waals surface area contributed by atoms with Gasteiger partial charge in [0.1, 0.15) is 11.3 Å². The Bertz CT molecular complexity index is 1580. The van der Waals surface area contributed by atoms with Gasteiger partial charge in [0.2, 0.25) is 0 Å². The van der Waals surface area contributed by atoms with E-state index in [1.165, 1.54) is 29.0 Å². The van der Waals surface area contributed by atoms with Crippen LogP contribution in [0.2, 0.25) is 0 Å². The molecular formula is C29H30N8O2. The van der Waals surface area contributed by atoms with Crippen molar-refractivity contribution in [2.75, 3.05) is 56.3 Å². The number of aromatic nitrogens is 4. The number of nitrogens with zero attached hydrogens (tertiary/aromatic N) is 6. The summed E-state index contributed by atoms with van der Waals surface area (Å²) in [4.78, 5) is 27.1. The van der Waals surface area contributed by atoms with Crippen molar-refractivity contribution in [3.05, 3.63) is 71.5 Å². The van der Waals surface area contributed by atoms with Gasteiger partial charge in [-0.3, -0.25) is 4.79 Å². The molecule has 2 aromatic carbocycles. The molecule has 10 heteroatoms. The smallest absolute Gasteiger partial charge is 0.261 e. The quantitative estimate of drug-likeness (QED) is 0.411. The number of hydrogen-bond acceptors (Lipinski definition) is 8. The molecule has 10 nitrogen and oxygen atoms in total. The molecule has 0 saturated carbocycles. The van der Waals surface area contributed by atoms with Crippen molar-refractivity contribution in [2.24, 2.45) is 5.41 Å². The number of fused-ring (bicyclic) bond motifs is 3. The molecule has 4 aromatic rings. The van der Waals surface area contributed by atoms with Crippen LogP contribution in [0.25, 0.3) is 17.2 Å². The van der Waals surface area contributed by atoms with Gasteiger partial charge in [-0.25, -0.2) is 14.6 Å². The molecule has 3 aliphatic rings. The van der Waals surface area contributed by atoms with Gasteiger partial charge in [0.25, 0.3) is 11.9 Å². The van der Waals surface area contributed by atoms with Gasteiger partial charge >= 0.3 is 0 Å². The molecule has 0 radical (unpaired) electrons. The molecule has 1 spiro atoms. The van der Waals surface area contributed by atoms with Gasteiger partial charge in [0.15, 0.2) is 5.82 Å². The number of anilines is 3. The number of benzene rings is 2. The average Bonchev–Trinajstić information content (AvgIpc) is 3.31. The minimum atomic E-state index is -0.331. The van der Waals surface area contributed by atoms with E-state index in [-0.39, 0.29) is 17.3 Å². The molecular weight excluding hydrogens is 492 g/mol. The van der Waals surface area contributed by atoms with E-state index in [4.69, 9.17) is 15.5 Å². The van der Waals surface area contributed by atoms with Crippen LogP contribution in [0.3, 0.4) is 0 Å². The first-order chi connectivity index (χ1) is 18.9. The maximum atomic E-state index is 13.1. The third-order valence-corrected chi connectivity index (χ3v) is 8.03. The number of hydrogen-bond donors (Lipinski definition) is 2. The number of nitrogens with one attached hydrogen (secondary N) is 1. The van der Waals surface area contributed by atoms with Gasteiger partial charge in [-0.15, -0.1) is 5.10 Å². The summed E-state index contributed by atoms with van der Waals surface area (Å²) < 4.78 is 6.84. The van der Waals surface area contributed by atoms with Crippen LogP contribution in [0.15, 0.2) is 54.9 Å². The lowest BCUT2D eigenvalue weighted by Gasteiger charge is -2.60. The van der Waals surface area contributed by atoms with Crippen molar-refractivity contribution in [3.63, 3.8) is 0 Å². The van der Waals surface area contributed by atoms with Gasteiger partial charge in [-0.2, -0.15) is 0 Å². The van der Waals surface area contributed by atoms with Crippen LogP contribution in [-0.4, -0.2) is 70.9 Å². The van der Waals surface area contributed by atoms with E-state index in [9.17, 15) is 4.79 Å². The zero-order valence-corrected chi connectivity index (χ0v) is 22.0. The molecule has 198 valence electrons. The highest BCUT2D eigenvalue weighted by Crippen LogP contribution is 2.41. The number of aryl methyl sites for hydroxylation is 2. The summed E-state index contributed by atoms with van der Waals surface area (Å²) in [5.41, 5.74) is 12.9. The molecule has 1 aliphatic carbocycles. The monoisotopic (exact) mass is 522 g/mol. The molecule has 0 atom stereocenters. The van der Waals surface area contributed by atoms with E-state index in [0.29, 0.717) is 17.1 Å². The predicted octanol–water partition coefficient (Wildman–Crippen LogP) is 3.02. The number of nitrogens with two attached hydrogens (primary N) is 1. The highest BCUT2D eigenvalue weighted by molar-refractivity contribution is 6.07. The lowest BCUT2D eigenvalue weighted by Crippen LogP contribution is -2.71. The molecule has 1 amide bonds. The third-order valence-electron chi connectivity index (χ3n) is 8.03. The third kappa shape index (κ3) is 4.08. The standard InChI is InChI=1S/C29H30N8O2/c1-35-14-29(15-35)16-36(17-29)21-7-5-20(6-8-21)32-27(38)24-13-37(34-26(24)30)28-31-12-19-4-3-18-11-22(39-2)9-10-23(18)25(19)33-28/h5-13H,3-4,14-17H2,1-2H3,(H2,30,34)(H,32,38). The lowest BCUT2D eigenvalue weighted by atomic mass is 9.73. The molecule has 7 rings (SSSR count). The number of rotatable bonds is 5. The Morgan fingerprint density at radius 3 is 2.56 bits per heavy atom. The van der Waals surface area contributed by atoms with Crippen molar-refractivity contribution in [1.29, 1.82) is 0 Å². The fourth-order valence-electron chi connectivity index (χ4n) is 6.19. The lowest BCUT2D eigenvalue weighted by molar-refractivity contribution is -0.00238. The summed E-state index contributed by atoms with van der Waals surface area (Å²) in [6, 6.07) is 13.9. The highest BCUT2D eigenvalue weighted by Gasteiger charge is 2.50. The van der Waals surface area contributed by atoms with Gasteiger partial charge in [0.05, 0.1) is 12.8 Å². The molecule has 2 saturated heterocycles. The van der Waals surface area contributed by atoms with Gasteiger partial charge < -0.3 is 25.6 Å². The molecule has 2 aromatic heterocycles. The van der Waals surface area contributed by atoms with E-state index in [0.717, 1.165) is 48.5 Å². The normalized spacial score (nSPS) is 17.1. The van der Waals surface area contributed by atoms with Crippen LogP contribution < -0.4 is 20.7 Å². The first kappa shape index (κ1) is 23.7. The Morgan fingerprint density at radius 2 is 1.82 bits per heavy atom. The van der Waals surface area contributed by atoms with Gasteiger partial charge in [0, 0.05) is 60.9 Å². The number of amides is 1. The molecule has 0 unspecified atom stereocenters. The summed E-state index contributed by atoms with van der Waals surface area (Å²) in [7, 11) is 3.83. The summed E-state index contributed by atoms with van der Waals surface area (Å²) in [5.74, 6) is 0.971. The van der Waals surface area contributed by atoms with Crippen LogP contribution in [0.5, 0.6) is 5.75 Å². The predicted molar refractivity (Wildman–Crippen MR) is 150 cm³/mol. The average molecular weight is 523 g/mol. The first-order valence-corrected chi connectivity index (χ1v) is 13.1. The fourth-order valence-corrected chi connectivity index (χ4v) is 6.19. The maximum absolute atomic E-state index is 13.1. The minimum Gasteiger partial charge on any atom is -0.497 e. The highest BCUT2D eigenvalue weighted by atomic mass is 16.5. The second-order valence-electron chi connectivity index (χ2n) is 11.0. The summed E-state index contributed by atoms with van der Waals surface area (Å²) in [6.07, 6.45) is 5.15. The fraction of sp³-hybridized carbons (Fsp3) is 0.310. The summed E-state index contributed by atoms with van der Waals surface area (Å²) >= 11 is 0. The van der Waals surface area contributed by atoms with Crippen molar-refractivity contribution in [1.82, 2.24) is 24.6 Å². The molecule has 39 heavy (non-hydrogen) atoms. The van der Waals surface area contributed by atoms with Crippen LogP contribution >= 0.6 is 0 Å². The van der Waals surface area contributed by atoms with Crippen molar-refractivity contribution >= 4 is 23.1 Å². The molecule has 3 N–H and O–H groups in total. The Labute approximate surface area is 226 Å². The number of methoxy groups -OCH3 is 1. The second kappa shape index (κ2) is 8.81. The van der Waals surface area contributed by atoms with Crippen molar-refractivity contribution < 1.29 is 9.53 Å². The Morgan fingerprint density at radius 1 is 1.05 bits per heavy atom. The molecule has 4 heterocycles. The van der Waals surface area contributed by atoms with Gasteiger partial charge in [-0.05, 0) is 73.5 Å².